The fraction of sp³-hybridized carbons (Fsp3) is 0.917. The zero-order valence-electron chi connectivity index (χ0n) is 10.0. The molecule has 3 atom stereocenters. The van der Waals surface area contributed by atoms with E-state index in [0.717, 1.165) is 6.42 Å². The summed E-state index contributed by atoms with van der Waals surface area (Å²) < 4.78 is 19.0. The Kier molecular flexibility index (Phi) is 3.74. The van der Waals surface area contributed by atoms with Crippen LogP contribution >= 0.6 is 0 Å². The number of alkyl halides is 1. The zero-order chi connectivity index (χ0) is 11.6. The van der Waals surface area contributed by atoms with E-state index in [1.54, 1.807) is 6.92 Å². The first-order chi connectivity index (χ1) is 6.82. The molecule has 0 radical (unpaired) electrons. The van der Waals surface area contributed by atoms with Crippen LogP contribution in [0.1, 0.15) is 47.0 Å². The molecule has 0 aliphatic heterocycles. The van der Waals surface area contributed by atoms with Crippen molar-refractivity contribution >= 4 is 5.97 Å². The fourth-order valence-electron chi connectivity index (χ4n) is 2.43. The third-order valence-corrected chi connectivity index (χ3v) is 3.28. The quantitative estimate of drug-likeness (QED) is 0.663. The first-order valence-electron chi connectivity index (χ1n) is 5.68. The number of carbonyl (C=O) groups is 1. The Balaban J connectivity index is 2.69. The highest BCUT2D eigenvalue weighted by Crippen LogP contribution is 2.39. The van der Waals surface area contributed by atoms with Gasteiger partial charge in [-0.1, -0.05) is 13.8 Å². The normalized spacial score (nSPS) is 36.7. The summed E-state index contributed by atoms with van der Waals surface area (Å²) in [5.74, 6) is 0.437. The topological polar surface area (TPSA) is 26.3 Å². The van der Waals surface area contributed by atoms with Crippen molar-refractivity contribution in [1.82, 2.24) is 0 Å². The summed E-state index contributed by atoms with van der Waals surface area (Å²) >= 11 is 0. The Morgan fingerprint density at radius 3 is 2.60 bits per heavy atom. The van der Waals surface area contributed by atoms with E-state index in [0.29, 0.717) is 24.7 Å². The molecule has 0 aromatic heterocycles. The van der Waals surface area contributed by atoms with Gasteiger partial charge in [0.05, 0.1) is 0 Å². The first kappa shape index (κ1) is 12.5. The van der Waals surface area contributed by atoms with Crippen LogP contribution in [0.25, 0.3) is 0 Å². The number of hydrogen-bond donors (Lipinski definition) is 0. The molecule has 1 saturated carbocycles. The Hall–Kier alpha value is -0.600. The maximum atomic E-state index is 13.8. The summed E-state index contributed by atoms with van der Waals surface area (Å²) in [5.41, 5.74) is -1.18. The van der Waals surface area contributed by atoms with Crippen molar-refractivity contribution in [1.29, 1.82) is 0 Å². The van der Waals surface area contributed by atoms with E-state index in [9.17, 15) is 9.18 Å². The number of hydrogen-bond acceptors (Lipinski definition) is 2. The van der Waals surface area contributed by atoms with Crippen molar-refractivity contribution in [2.24, 2.45) is 11.8 Å². The van der Waals surface area contributed by atoms with E-state index in [1.165, 1.54) is 6.92 Å². The maximum absolute atomic E-state index is 13.8. The number of halogens is 1. The van der Waals surface area contributed by atoms with Gasteiger partial charge in [-0.3, -0.25) is 4.79 Å². The van der Waals surface area contributed by atoms with Crippen LogP contribution in [-0.4, -0.2) is 17.7 Å². The SMILES string of the molecule is CC(=O)O[C@@H]1CC(C)(F)CC[C@H]1C(C)C. The molecule has 0 spiro atoms. The molecule has 0 aromatic rings. The van der Waals surface area contributed by atoms with Gasteiger partial charge in [-0.2, -0.15) is 0 Å². The molecule has 88 valence electrons. The van der Waals surface area contributed by atoms with Gasteiger partial charge in [0.15, 0.2) is 0 Å². The summed E-state index contributed by atoms with van der Waals surface area (Å²) in [6.45, 7) is 7.19. The summed E-state index contributed by atoms with van der Waals surface area (Å²) in [6, 6.07) is 0. The molecule has 1 aliphatic carbocycles. The molecular weight excluding hydrogens is 195 g/mol. The molecule has 1 fully saturated rings. The lowest BCUT2D eigenvalue weighted by Gasteiger charge is -2.39. The van der Waals surface area contributed by atoms with Crippen LogP contribution < -0.4 is 0 Å². The number of rotatable bonds is 2. The van der Waals surface area contributed by atoms with Crippen LogP contribution in [0.5, 0.6) is 0 Å². The van der Waals surface area contributed by atoms with Crippen LogP contribution in [0.2, 0.25) is 0 Å². The van der Waals surface area contributed by atoms with Crippen molar-refractivity contribution < 1.29 is 13.9 Å². The minimum Gasteiger partial charge on any atom is -0.462 e. The van der Waals surface area contributed by atoms with E-state index in [4.69, 9.17) is 4.74 Å². The average Bonchev–Trinajstić information content (AvgIpc) is 1.99. The molecule has 15 heavy (non-hydrogen) atoms. The van der Waals surface area contributed by atoms with E-state index in [-0.39, 0.29) is 12.1 Å². The monoisotopic (exact) mass is 216 g/mol. The van der Waals surface area contributed by atoms with Gasteiger partial charge < -0.3 is 4.74 Å². The highest BCUT2D eigenvalue weighted by atomic mass is 19.1. The predicted octanol–water partition coefficient (Wildman–Crippen LogP) is 3.10. The molecule has 3 heteroatoms. The largest absolute Gasteiger partial charge is 0.462 e. The summed E-state index contributed by atoms with van der Waals surface area (Å²) in [5, 5.41) is 0. The van der Waals surface area contributed by atoms with Gasteiger partial charge in [0.25, 0.3) is 0 Å². The van der Waals surface area contributed by atoms with Crippen LogP contribution in [-0.2, 0) is 9.53 Å². The second-order valence-corrected chi connectivity index (χ2v) is 5.21. The zero-order valence-corrected chi connectivity index (χ0v) is 10.0. The molecule has 0 aromatic carbocycles. The van der Waals surface area contributed by atoms with E-state index in [1.807, 2.05) is 0 Å². The molecule has 0 N–H and O–H groups in total. The van der Waals surface area contributed by atoms with Crippen LogP contribution in [0.4, 0.5) is 4.39 Å². The van der Waals surface area contributed by atoms with Gasteiger partial charge in [-0.05, 0) is 31.6 Å². The number of carbonyl (C=O) groups excluding carboxylic acids is 1. The fourth-order valence-corrected chi connectivity index (χ4v) is 2.43. The Morgan fingerprint density at radius 2 is 2.13 bits per heavy atom. The lowest BCUT2D eigenvalue weighted by atomic mass is 9.74. The summed E-state index contributed by atoms with van der Waals surface area (Å²) in [4.78, 5) is 10.9. The molecule has 1 aliphatic rings. The molecule has 0 amide bonds. The van der Waals surface area contributed by atoms with Crippen molar-refractivity contribution in [2.75, 3.05) is 0 Å². The van der Waals surface area contributed by atoms with Crippen molar-refractivity contribution in [3.05, 3.63) is 0 Å². The predicted molar refractivity (Wildman–Crippen MR) is 57.2 cm³/mol. The molecule has 2 nitrogen and oxygen atoms in total. The highest BCUT2D eigenvalue weighted by Gasteiger charge is 2.40. The number of esters is 1. The molecule has 1 rings (SSSR count). The lowest BCUT2D eigenvalue weighted by molar-refractivity contribution is -0.155. The van der Waals surface area contributed by atoms with Gasteiger partial charge >= 0.3 is 5.97 Å². The average molecular weight is 216 g/mol. The second kappa shape index (κ2) is 4.50. The Morgan fingerprint density at radius 1 is 1.53 bits per heavy atom. The number of ether oxygens (including phenoxy) is 1. The molecular formula is C12H21FO2. The first-order valence-corrected chi connectivity index (χ1v) is 5.68. The van der Waals surface area contributed by atoms with Gasteiger partial charge in [0.2, 0.25) is 0 Å². The minimum absolute atomic E-state index is 0.244. The standard InChI is InChI=1S/C12H21FO2/c1-8(2)10-5-6-12(4,13)7-11(10)15-9(3)14/h8,10-11H,5-7H2,1-4H3/t10-,11+,12?/m0/s1. The second-order valence-electron chi connectivity index (χ2n) is 5.21. The van der Waals surface area contributed by atoms with Crippen LogP contribution in [0.3, 0.4) is 0 Å². The smallest absolute Gasteiger partial charge is 0.302 e. The Labute approximate surface area is 91.2 Å². The maximum Gasteiger partial charge on any atom is 0.302 e. The molecule has 0 heterocycles. The molecule has 0 saturated heterocycles. The van der Waals surface area contributed by atoms with Crippen molar-refractivity contribution in [3.63, 3.8) is 0 Å². The van der Waals surface area contributed by atoms with Crippen molar-refractivity contribution in [3.8, 4) is 0 Å². The van der Waals surface area contributed by atoms with Crippen LogP contribution in [0.15, 0.2) is 0 Å². The lowest BCUT2D eigenvalue weighted by Crippen LogP contribution is -2.41. The van der Waals surface area contributed by atoms with E-state index in [2.05, 4.69) is 13.8 Å². The van der Waals surface area contributed by atoms with Crippen molar-refractivity contribution in [2.45, 2.75) is 58.7 Å². The third-order valence-electron chi connectivity index (χ3n) is 3.28. The summed E-state index contributed by atoms with van der Waals surface area (Å²) in [7, 11) is 0. The van der Waals surface area contributed by atoms with Gasteiger partial charge in [0.1, 0.15) is 11.8 Å². The van der Waals surface area contributed by atoms with E-state index >= 15 is 0 Å². The third kappa shape index (κ3) is 3.47. The Bertz CT molecular complexity index is 236. The van der Waals surface area contributed by atoms with Gasteiger partial charge in [0, 0.05) is 13.3 Å². The minimum atomic E-state index is -1.18. The van der Waals surface area contributed by atoms with Gasteiger partial charge in [-0.15, -0.1) is 0 Å². The van der Waals surface area contributed by atoms with Gasteiger partial charge in [-0.25, -0.2) is 4.39 Å². The molecule has 1 unspecified atom stereocenters. The molecule has 0 bridgehead atoms. The van der Waals surface area contributed by atoms with Crippen LogP contribution in [0, 0.1) is 11.8 Å². The summed E-state index contributed by atoms with van der Waals surface area (Å²) in [6.07, 6.45) is 1.48. The highest BCUT2D eigenvalue weighted by molar-refractivity contribution is 5.66. The van der Waals surface area contributed by atoms with E-state index < -0.39 is 5.67 Å².